The predicted octanol–water partition coefficient (Wildman–Crippen LogP) is 5.11. The van der Waals surface area contributed by atoms with E-state index in [1.807, 2.05) is 28.9 Å². The smallest absolute Gasteiger partial charge is 0.267 e. The highest BCUT2D eigenvalue weighted by molar-refractivity contribution is 7.09. The van der Waals surface area contributed by atoms with Gasteiger partial charge in [0.05, 0.1) is 17.1 Å². The molecule has 2 heterocycles. The van der Waals surface area contributed by atoms with Gasteiger partial charge in [0.1, 0.15) is 5.01 Å². The van der Waals surface area contributed by atoms with Crippen molar-refractivity contribution in [3.63, 3.8) is 0 Å². The van der Waals surface area contributed by atoms with E-state index in [2.05, 4.69) is 49.9 Å². The molecule has 3 aromatic carbocycles. The molecule has 0 saturated heterocycles. The fourth-order valence-corrected chi connectivity index (χ4v) is 5.24. The number of carbonyl (C=O) groups excluding carboxylic acids is 1. The molecule has 0 spiro atoms. The zero-order chi connectivity index (χ0) is 24.5. The van der Waals surface area contributed by atoms with Gasteiger partial charge in [-0.3, -0.25) is 4.79 Å². The van der Waals surface area contributed by atoms with Gasteiger partial charge in [-0.15, -0.1) is 10.2 Å². The van der Waals surface area contributed by atoms with Crippen LogP contribution >= 0.6 is 22.9 Å². The van der Waals surface area contributed by atoms with E-state index in [0.717, 1.165) is 40.1 Å². The van der Waals surface area contributed by atoms with Crippen LogP contribution in [-0.2, 0) is 6.54 Å². The molecule has 0 radical (unpaired) electrons. The fourth-order valence-electron chi connectivity index (χ4n) is 3.96. The van der Waals surface area contributed by atoms with Crippen LogP contribution in [0.25, 0.3) is 22.5 Å². The van der Waals surface area contributed by atoms with Crippen molar-refractivity contribution in [2.45, 2.75) is 25.3 Å². The highest BCUT2D eigenvalue weighted by atomic mass is 35.5. The summed E-state index contributed by atoms with van der Waals surface area (Å²) in [5.74, 6) is 0.646. The Balaban J connectivity index is 1.31. The lowest BCUT2D eigenvalue weighted by Gasteiger charge is -2.08. The number of benzene rings is 3. The maximum atomic E-state index is 12.9. The van der Waals surface area contributed by atoms with Gasteiger partial charge >= 0.3 is 0 Å². The Bertz CT molecular complexity index is 1600. The van der Waals surface area contributed by atoms with Crippen LogP contribution in [0.5, 0.6) is 0 Å². The van der Waals surface area contributed by atoms with E-state index >= 15 is 0 Å². The van der Waals surface area contributed by atoms with E-state index in [0.29, 0.717) is 33.7 Å². The molecule has 0 unspecified atom stereocenters. The summed E-state index contributed by atoms with van der Waals surface area (Å²) < 4.78 is 1.81. The Hall–Kier alpha value is -3.95. The molecule has 0 bridgehead atoms. The van der Waals surface area contributed by atoms with Gasteiger partial charge < -0.3 is 0 Å². The SMILES string of the molecule is O=C(N=c1sc(C2CC2)nn1Cc1ccc(-c2ccccc2-c2nn[nH]n2)cc1)c1ccccc1Cl. The van der Waals surface area contributed by atoms with Crippen molar-refractivity contribution in [3.05, 3.63) is 98.8 Å². The molecule has 1 fully saturated rings. The minimum absolute atomic E-state index is 0.367. The third-order valence-corrected chi connectivity index (χ3v) is 7.41. The van der Waals surface area contributed by atoms with Crippen molar-refractivity contribution in [2.24, 2.45) is 4.99 Å². The normalized spacial score (nSPS) is 13.8. The van der Waals surface area contributed by atoms with E-state index in [1.54, 1.807) is 24.3 Å². The second-order valence-electron chi connectivity index (χ2n) is 8.53. The van der Waals surface area contributed by atoms with E-state index < -0.39 is 0 Å². The van der Waals surface area contributed by atoms with Crippen LogP contribution < -0.4 is 4.80 Å². The van der Waals surface area contributed by atoms with E-state index in [1.165, 1.54) is 11.3 Å². The Kier molecular flexibility index (Phi) is 6.00. The maximum absolute atomic E-state index is 12.9. The lowest BCUT2D eigenvalue weighted by molar-refractivity contribution is 0.0997. The molecule has 1 amide bonds. The monoisotopic (exact) mass is 513 g/mol. The number of aromatic amines is 1. The van der Waals surface area contributed by atoms with Crippen molar-refractivity contribution in [2.75, 3.05) is 0 Å². The summed E-state index contributed by atoms with van der Waals surface area (Å²) in [6.07, 6.45) is 2.25. The quantitative estimate of drug-likeness (QED) is 0.340. The van der Waals surface area contributed by atoms with Gasteiger partial charge in [-0.1, -0.05) is 83.6 Å². The van der Waals surface area contributed by atoms with Crippen LogP contribution in [0, 0.1) is 0 Å². The molecule has 36 heavy (non-hydrogen) atoms. The number of rotatable bonds is 6. The first-order chi connectivity index (χ1) is 17.7. The first-order valence-electron chi connectivity index (χ1n) is 11.5. The molecule has 1 aliphatic carbocycles. The number of tetrazole rings is 1. The van der Waals surface area contributed by atoms with Crippen molar-refractivity contribution in [3.8, 4) is 22.5 Å². The first-order valence-corrected chi connectivity index (χ1v) is 12.7. The number of aromatic nitrogens is 6. The first kappa shape index (κ1) is 22.5. The molecule has 0 atom stereocenters. The highest BCUT2D eigenvalue weighted by Crippen LogP contribution is 2.40. The molecule has 10 heteroatoms. The average Bonchev–Trinajstić information content (AvgIpc) is 3.46. The van der Waals surface area contributed by atoms with Crippen molar-refractivity contribution >= 4 is 28.8 Å². The average molecular weight is 514 g/mol. The Labute approximate surface area is 215 Å². The van der Waals surface area contributed by atoms with Crippen molar-refractivity contribution in [1.29, 1.82) is 0 Å². The summed E-state index contributed by atoms with van der Waals surface area (Å²) in [5, 5.41) is 20.6. The van der Waals surface area contributed by atoms with Crippen molar-refractivity contribution < 1.29 is 4.79 Å². The molecule has 1 aliphatic rings. The summed E-state index contributed by atoms with van der Waals surface area (Å²) >= 11 is 7.69. The molecule has 178 valence electrons. The second-order valence-corrected chi connectivity index (χ2v) is 9.92. The summed E-state index contributed by atoms with van der Waals surface area (Å²) in [6.45, 7) is 0.505. The van der Waals surface area contributed by atoms with Crippen LogP contribution in [0.3, 0.4) is 0 Å². The number of hydrogen-bond donors (Lipinski definition) is 1. The summed E-state index contributed by atoms with van der Waals surface area (Å²) in [4.78, 5) is 17.8. The zero-order valence-electron chi connectivity index (χ0n) is 19.0. The molecule has 1 N–H and O–H groups in total. The van der Waals surface area contributed by atoms with Crippen LogP contribution in [0.2, 0.25) is 5.02 Å². The molecular formula is C26H20ClN7OS. The standard InChI is InChI=1S/C26H20ClN7OS/c27-22-8-4-3-7-21(22)24(35)28-26-34(31-25(36-26)18-13-14-18)15-16-9-11-17(12-10-16)19-5-1-2-6-20(19)23-29-32-33-30-23/h1-12,18H,13-15H2,(H,29,30,32,33). The molecule has 6 rings (SSSR count). The number of halogens is 1. The van der Waals surface area contributed by atoms with Crippen LogP contribution in [0.4, 0.5) is 0 Å². The van der Waals surface area contributed by atoms with Crippen LogP contribution in [0.15, 0.2) is 77.8 Å². The Morgan fingerprint density at radius 1 is 1.03 bits per heavy atom. The molecule has 8 nitrogen and oxygen atoms in total. The summed E-state index contributed by atoms with van der Waals surface area (Å²) in [7, 11) is 0. The molecular weight excluding hydrogens is 494 g/mol. The van der Waals surface area contributed by atoms with Crippen LogP contribution in [-0.4, -0.2) is 36.3 Å². The third-order valence-electron chi connectivity index (χ3n) is 5.97. The lowest BCUT2D eigenvalue weighted by Crippen LogP contribution is -2.19. The number of H-pyrrole nitrogens is 1. The summed E-state index contributed by atoms with van der Waals surface area (Å²) in [5.41, 5.74) is 4.40. The number of carbonyl (C=O) groups is 1. The Morgan fingerprint density at radius 2 is 1.78 bits per heavy atom. The van der Waals surface area contributed by atoms with Gasteiger partial charge in [0, 0.05) is 11.5 Å². The minimum Gasteiger partial charge on any atom is -0.267 e. The molecule has 5 aromatic rings. The van der Waals surface area contributed by atoms with Crippen molar-refractivity contribution in [1.82, 2.24) is 30.4 Å². The highest BCUT2D eigenvalue weighted by Gasteiger charge is 2.28. The van der Waals surface area contributed by atoms with Gasteiger partial charge in [0.2, 0.25) is 10.6 Å². The number of hydrogen-bond acceptors (Lipinski definition) is 6. The topological polar surface area (TPSA) is 102 Å². The maximum Gasteiger partial charge on any atom is 0.281 e. The minimum atomic E-state index is -0.367. The van der Waals surface area contributed by atoms with E-state index in [4.69, 9.17) is 16.7 Å². The number of amides is 1. The predicted molar refractivity (Wildman–Crippen MR) is 138 cm³/mol. The van der Waals surface area contributed by atoms with Gasteiger partial charge in [-0.25, -0.2) is 4.68 Å². The number of nitrogens with one attached hydrogen (secondary N) is 1. The van der Waals surface area contributed by atoms with E-state index in [9.17, 15) is 4.79 Å². The van der Waals surface area contributed by atoms with Gasteiger partial charge in [0.15, 0.2) is 0 Å². The third kappa shape index (κ3) is 4.62. The second kappa shape index (κ2) is 9.60. The van der Waals surface area contributed by atoms with E-state index in [-0.39, 0.29) is 5.91 Å². The molecule has 1 saturated carbocycles. The zero-order valence-corrected chi connectivity index (χ0v) is 20.6. The largest absolute Gasteiger partial charge is 0.281 e. The fraction of sp³-hybridized carbons (Fsp3) is 0.154. The van der Waals surface area contributed by atoms with Gasteiger partial charge in [-0.2, -0.15) is 15.3 Å². The molecule has 0 aliphatic heterocycles. The van der Waals surface area contributed by atoms with Gasteiger partial charge in [0.25, 0.3) is 5.91 Å². The van der Waals surface area contributed by atoms with Crippen LogP contribution in [0.1, 0.15) is 39.7 Å². The lowest BCUT2D eigenvalue weighted by atomic mass is 9.98. The Morgan fingerprint density at radius 3 is 2.50 bits per heavy atom. The van der Waals surface area contributed by atoms with Gasteiger partial charge in [-0.05, 0) is 46.9 Å². The molecule has 2 aromatic heterocycles. The summed E-state index contributed by atoms with van der Waals surface area (Å²) in [6, 6.07) is 23.2. The number of nitrogens with zero attached hydrogens (tertiary/aromatic N) is 6.